The van der Waals surface area contributed by atoms with Crippen molar-refractivity contribution in [3.63, 3.8) is 0 Å². The van der Waals surface area contributed by atoms with Crippen molar-refractivity contribution in [3.8, 4) is 5.75 Å². The number of nitrogens with two attached hydrogens (primary N) is 1. The number of amides is 2. The highest BCUT2D eigenvalue weighted by atomic mass is 16.5. The predicted octanol–water partition coefficient (Wildman–Crippen LogP) is 0.375. The second kappa shape index (κ2) is 5.36. The Bertz CT molecular complexity index is 516. The van der Waals surface area contributed by atoms with Gasteiger partial charge in [-0.05, 0) is 13.3 Å². The van der Waals surface area contributed by atoms with Crippen LogP contribution in [0.3, 0.4) is 0 Å². The number of aromatic nitrogens is 1. The number of methoxy groups -OCH3 is 1. The number of carbonyl (C=O) groups is 2. The Kier molecular flexibility index (Phi) is 3.80. The minimum atomic E-state index is -0.593. The van der Waals surface area contributed by atoms with Crippen molar-refractivity contribution >= 4 is 11.8 Å². The second-order valence-electron chi connectivity index (χ2n) is 4.60. The van der Waals surface area contributed by atoms with Crippen LogP contribution in [0, 0.1) is 6.92 Å². The number of carbonyl (C=O) groups excluding carboxylic acids is 2. The van der Waals surface area contributed by atoms with Crippen LogP contribution < -0.4 is 10.5 Å². The highest BCUT2D eigenvalue weighted by Gasteiger charge is 2.32. The molecule has 0 aromatic carbocycles. The molecule has 1 aliphatic heterocycles. The molecule has 1 aromatic rings. The maximum atomic E-state index is 11.9. The van der Waals surface area contributed by atoms with Gasteiger partial charge in [-0.2, -0.15) is 0 Å². The van der Waals surface area contributed by atoms with Gasteiger partial charge in [-0.25, -0.2) is 0 Å². The quantitative estimate of drug-likeness (QED) is 0.796. The van der Waals surface area contributed by atoms with Gasteiger partial charge in [0.25, 0.3) is 0 Å². The monoisotopic (exact) mass is 263 g/mol. The number of imide groups is 1. The molecule has 2 heterocycles. The van der Waals surface area contributed by atoms with Gasteiger partial charge < -0.3 is 10.5 Å². The molecule has 2 N–H and O–H groups in total. The van der Waals surface area contributed by atoms with Crippen LogP contribution in [-0.2, 0) is 16.1 Å². The molecule has 6 nitrogen and oxygen atoms in total. The second-order valence-corrected chi connectivity index (χ2v) is 4.60. The lowest BCUT2D eigenvalue weighted by atomic mass is 10.0. The number of ether oxygens (including phenoxy) is 1. The van der Waals surface area contributed by atoms with Crippen molar-refractivity contribution < 1.29 is 14.3 Å². The molecule has 0 bridgehead atoms. The minimum absolute atomic E-state index is 0.142. The summed E-state index contributed by atoms with van der Waals surface area (Å²) in [4.78, 5) is 29.2. The van der Waals surface area contributed by atoms with E-state index in [0.29, 0.717) is 24.3 Å². The third-order valence-corrected chi connectivity index (χ3v) is 3.09. The number of aryl methyl sites for hydroxylation is 1. The summed E-state index contributed by atoms with van der Waals surface area (Å²) in [5, 5.41) is 0. The molecule has 1 atom stereocenters. The Morgan fingerprint density at radius 1 is 1.47 bits per heavy atom. The van der Waals surface area contributed by atoms with E-state index in [1.54, 1.807) is 19.2 Å². The van der Waals surface area contributed by atoms with E-state index >= 15 is 0 Å². The van der Waals surface area contributed by atoms with Gasteiger partial charge in [-0.1, -0.05) is 0 Å². The zero-order chi connectivity index (χ0) is 14.0. The van der Waals surface area contributed by atoms with Crippen LogP contribution in [0.5, 0.6) is 5.75 Å². The van der Waals surface area contributed by atoms with Gasteiger partial charge in [-0.15, -0.1) is 0 Å². The maximum Gasteiger partial charge on any atom is 0.246 e. The first kappa shape index (κ1) is 13.5. The fourth-order valence-electron chi connectivity index (χ4n) is 2.09. The molecular formula is C13H17N3O3. The fourth-order valence-corrected chi connectivity index (χ4v) is 2.09. The summed E-state index contributed by atoms with van der Waals surface area (Å²) in [6.45, 7) is 1.97. The van der Waals surface area contributed by atoms with Gasteiger partial charge in [0.2, 0.25) is 11.8 Å². The van der Waals surface area contributed by atoms with Gasteiger partial charge >= 0.3 is 0 Å². The van der Waals surface area contributed by atoms with E-state index in [-0.39, 0.29) is 18.4 Å². The number of rotatable bonds is 3. The van der Waals surface area contributed by atoms with Crippen molar-refractivity contribution in [1.29, 1.82) is 0 Å². The number of likely N-dealkylation sites (tertiary alicyclic amines) is 1. The highest BCUT2D eigenvalue weighted by Crippen LogP contribution is 2.18. The van der Waals surface area contributed by atoms with Crippen molar-refractivity contribution in [3.05, 3.63) is 23.5 Å². The fraction of sp³-hybridized carbons (Fsp3) is 0.462. The molecule has 0 aliphatic carbocycles. The van der Waals surface area contributed by atoms with E-state index in [1.807, 2.05) is 6.92 Å². The van der Waals surface area contributed by atoms with Crippen LogP contribution in [0.15, 0.2) is 12.1 Å². The molecule has 0 radical (unpaired) electrons. The van der Waals surface area contributed by atoms with Crippen LogP contribution in [0.2, 0.25) is 0 Å². The zero-order valence-electron chi connectivity index (χ0n) is 11.0. The van der Waals surface area contributed by atoms with Crippen LogP contribution in [-0.4, -0.2) is 34.8 Å². The summed E-state index contributed by atoms with van der Waals surface area (Å²) < 4.78 is 5.15. The van der Waals surface area contributed by atoms with E-state index in [2.05, 4.69) is 4.98 Å². The van der Waals surface area contributed by atoms with Crippen LogP contribution in [0.1, 0.15) is 24.2 Å². The lowest BCUT2D eigenvalue weighted by Gasteiger charge is -2.28. The number of piperidine rings is 1. The van der Waals surface area contributed by atoms with Crippen molar-refractivity contribution in [2.24, 2.45) is 5.73 Å². The van der Waals surface area contributed by atoms with E-state index in [4.69, 9.17) is 10.5 Å². The normalized spacial score (nSPS) is 19.7. The summed E-state index contributed by atoms with van der Waals surface area (Å²) in [6, 6.07) is 2.91. The van der Waals surface area contributed by atoms with Crippen molar-refractivity contribution in [2.75, 3.05) is 7.11 Å². The van der Waals surface area contributed by atoms with Gasteiger partial charge in [-0.3, -0.25) is 19.5 Å². The molecule has 2 rings (SSSR count). The van der Waals surface area contributed by atoms with Crippen LogP contribution >= 0.6 is 0 Å². The number of hydrogen-bond donors (Lipinski definition) is 1. The Labute approximate surface area is 111 Å². The summed E-state index contributed by atoms with van der Waals surface area (Å²) in [5.41, 5.74) is 7.07. The van der Waals surface area contributed by atoms with Gasteiger partial charge in [0.05, 0.1) is 25.4 Å². The first-order chi connectivity index (χ1) is 9.01. The Morgan fingerprint density at radius 3 is 2.89 bits per heavy atom. The molecule has 2 amide bonds. The molecule has 1 fully saturated rings. The minimum Gasteiger partial charge on any atom is -0.497 e. The van der Waals surface area contributed by atoms with Crippen molar-refractivity contribution in [1.82, 2.24) is 9.88 Å². The third-order valence-electron chi connectivity index (χ3n) is 3.09. The average molecular weight is 263 g/mol. The summed E-state index contributed by atoms with van der Waals surface area (Å²) in [7, 11) is 1.56. The molecule has 102 valence electrons. The molecule has 0 spiro atoms. The molecule has 19 heavy (non-hydrogen) atoms. The smallest absolute Gasteiger partial charge is 0.246 e. The molecular weight excluding hydrogens is 246 g/mol. The molecule has 6 heteroatoms. The number of hydrogen-bond acceptors (Lipinski definition) is 5. The lowest BCUT2D eigenvalue weighted by molar-refractivity contribution is -0.150. The predicted molar refractivity (Wildman–Crippen MR) is 68.3 cm³/mol. The molecule has 0 saturated carbocycles. The van der Waals surface area contributed by atoms with E-state index in [1.165, 1.54) is 4.90 Å². The van der Waals surface area contributed by atoms with Gasteiger partial charge in [0.1, 0.15) is 5.75 Å². The maximum absolute atomic E-state index is 11.9. The summed E-state index contributed by atoms with van der Waals surface area (Å²) in [5.74, 6) is 0.121. The standard InChI is InChI=1S/C13H17N3O3/c1-8-5-10(19-2)6-9(15-8)7-16-12(17)4-3-11(14)13(16)18/h5-6,11H,3-4,7,14H2,1-2H3. The van der Waals surface area contributed by atoms with Gasteiger partial charge in [0, 0.05) is 24.2 Å². The Hall–Kier alpha value is -1.95. The van der Waals surface area contributed by atoms with Crippen LogP contribution in [0.4, 0.5) is 0 Å². The first-order valence-electron chi connectivity index (χ1n) is 6.12. The molecule has 1 aliphatic rings. The highest BCUT2D eigenvalue weighted by molar-refractivity contribution is 6.00. The third kappa shape index (κ3) is 2.90. The Balaban J connectivity index is 2.22. The van der Waals surface area contributed by atoms with E-state index < -0.39 is 6.04 Å². The largest absolute Gasteiger partial charge is 0.497 e. The van der Waals surface area contributed by atoms with Gasteiger partial charge in [0.15, 0.2) is 0 Å². The number of pyridine rings is 1. The molecule has 1 saturated heterocycles. The Morgan fingerprint density at radius 2 is 2.21 bits per heavy atom. The van der Waals surface area contributed by atoms with Crippen molar-refractivity contribution in [2.45, 2.75) is 32.4 Å². The molecule has 1 unspecified atom stereocenters. The SMILES string of the molecule is COc1cc(C)nc(CN2C(=O)CCC(N)C2=O)c1. The zero-order valence-corrected chi connectivity index (χ0v) is 11.0. The first-order valence-corrected chi connectivity index (χ1v) is 6.12. The molecule has 1 aromatic heterocycles. The lowest BCUT2D eigenvalue weighted by Crippen LogP contribution is -2.50. The summed E-state index contributed by atoms with van der Waals surface area (Å²) >= 11 is 0. The van der Waals surface area contributed by atoms with Crippen LogP contribution in [0.25, 0.3) is 0 Å². The van der Waals surface area contributed by atoms with E-state index in [9.17, 15) is 9.59 Å². The topological polar surface area (TPSA) is 85.5 Å². The number of nitrogens with zero attached hydrogens (tertiary/aromatic N) is 2. The summed E-state index contributed by atoms with van der Waals surface area (Å²) in [6.07, 6.45) is 0.717. The van der Waals surface area contributed by atoms with E-state index in [0.717, 1.165) is 5.69 Å². The average Bonchev–Trinajstić information content (AvgIpc) is 2.38.